The van der Waals surface area contributed by atoms with Gasteiger partial charge >= 0.3 is 5.97 Å². The number of esters is 1. The molecule has 2 aliphatic heterocycles. The number of carbonyl (C=O) groups is 5. The number of benzene rings is 2. The van der Waals surface area contributed by atoms with E-state index in [1.807, 2.05) is 38.1 Å². The van der Waals surface area contributed by atoms with Crippen LogP contribution in [0.3, 0.4) is 0 Å². The number of hydrogen-bond donors (Lipinski definition) is 0. The number of aryl methyl sites for hydroxylation is 2. The van der Waals surface area contributed by atoms with Crippen LogP contribution in [0, 0.1) is 42.9 Å². The monoisotopic (exact) mass is 604 g/mol. The zero-order valence-corrected chi connectivity index (χ0v) is 24.4. The zero-order valence-electron chi connectivity index (χ0n) is 22.9. The number of ether oxygens (including phenoxy) is 1. The van der Waals surface area contributed by atoms with Crippen molar-refractivity contribution >= 4 is 56.9 Å². The van der Waals surface area contributed by atoms with Crippen molar-refractivity contribution in [3.8, 4) is 0 Å². The number of nitrogens with zero attached hydrogens (tertiary/aromatic N) is 2. The molecule has 0 radical (unpaired) electrons. The lowest BCUT2D eigenvalue weighted by Gasteiger charge is -2.59. The maximum Gasteiger partial charge on any atom is 0.334 e. The van der Waals surface area contributed by atoms with Gasteiger partial charge in [-0.25, -0.2) is 14.6 Å². The van der Waals surface area contributed by atoms with Crippen LogP contribution < -0.4 is 9.80 Å². The van der Waals surface area contributed by atoms with E-state index in [9.17, 15) is 24.0 Å². The summed E-state index contributed by atoms with van der Waals surface area (Å²) in [6, 6.07) is 14.1. The van der Waals surface area contributed by atoms with Crippen LogP contribution in [0.5, 0.6) is 0 Å². The lowest BCUT2D eigenvalue weighted by atomic mass is 9.43. The van der Waals surface area contributed by atoms with Crippen molar-refractivity contribution in [2.75, 3.05) is 16.4 Å². The molecule has 8 nitrogen and oxygen atoms in total. The summed E-state index contributed by atoms with van der Waals surface area (Å²) < 4.78 is 4.00. The molecule has 2 saturated heterocycles. The van der Waals surface area contributed by atoms with Gasteiger partial charge in [0.05, 0.1) is 46.0 Å². The molecule has 7 rings (SSSR count). The molecule has 3 aliphatic carbocycles. The maximum absolute atomic E-state index is 14.3. The SMILES string of the molecule is CCOC(=O)C1=C(C)C2(Br)[C@@H]3C(=O)N(c4ccc(C)cc4)C(=O)C3C1(C)[C@H]1C(=O)N(c3ccc(C)cc3)C(=O)[C@H]12. The molecule has 40 heavy (non-hydrogen) atoms. The van der Waals surface area contributed by atoms with E-state index in [4.69, 9.17) is 4.74 Å². The molecule has 4 amide bonds. The highest BCUT2D eigenvalue weighted by atomic mass is 79.9. The van der Waals surface area contributed by atoms with Crippen molar-refractivity contribution in [1.82, 2.24) is 0 Å². The number of imide groups is 2. The van der Waals surface area contributed by atoms with Gasteiger partial charge in [0.2, 0.25) is 23.6 Å². The van der Waals surface area contributed by atoms with E-state index in [0.717, 1.165) is 20.9 Å². The molecule has 2 bridgehead atoms. The molecule has 1 saturated carbocycles. The first-order chi connectivity index (χ1) is 18.9. The van der Waals surface area contributed by atoms with Crippen LogP contribution in [-0.4, -0.2) is 40.5 Å². The van der Waals surface area contributed by atoms with Crippen molar-refractivity contribution in [2.45, 2.75) is 38.9 Å². The van der Waals surface area contributed by atoms with Crippen LogP contribution in [0.4, 0.5) is 11.4 Å². The first-order valence-corrected chi connectivity index (χ1v) is 14.2. The van der Waals surface area contributed by atoms with E-state index in [1.54, 1.807) is 45.0 Å². The van der Waals surface area contributed by atoms with Gasteiger partial charge in [-0.15, -0.1) is 0 Å². The molecule has 3 fully saturated rings. The topological polar surface area (TPSA) is 101 Å². The van der Waals surface area contributed by atoms with Crippen LogP contribution in [0.15, 0.2) is 59.7 Å². The summed E-state index contributed by atoms with van der Waals surface area (Å²) in [5.41, 5.74) is 1.94. The van der Waals surface area contributed by atoms with Gasteiger partial charge in [-0.1, -0.05) is 58.2 Å². The van der Waals surface area contributed by atoms with Crippen molar-refractivity contribution in [3.63, 3.8) is 0 Å². The Bertz CT molecular complexity index is 1450. The van der Waals surface area contributed by atoms with Crippen LogP contribution in [-0.2, 0) is 28.7 Å². The van der Waals surface area contributed by atoms with Crippen molar-refractivity contribution in [2.24, 2.45) is 29.1 Å². The molecule has 2 aromatic rings. The number of hydrogen-bond acceptors (Lipinski definition) is 6. The molecule has 0 spiro atoms. The van der Waals surface area contributed by atoms with Crippen molar-refractivity contribution < 1.29 is 28.7 Å². The summed E-state index contributed by atoms with van der Waals surface area (Å²) in [6.45, 7) is 8.96. The molecular formula is C31H29BrN2O6. The fraction of sp³-hybridized carbons (Fsp3) is 0.387. The molecule has 2 aromatic carbocycles. The van der Waals surface area contributed by atoms with Crippen LogP contribution >= 0.6 is 15.9 Å². The van der Waals surface area contributed by atoms with Crippen LogP contribution in [0.1, 0.15) is 31.9 Å². The minimum atomic E-state index is -1.46. The van der Waals surface area contributed by atoms with Crippen molar-refractivity contribution in [1.29, 1.82) is 0 Å². The number of allylic oxidation sites excluding steroid dienone is 1. The molecular weight excluding hydrogens is 576 g/mol. The smallest absolute Gasteiger partial charge is 0.334 e. The molecule has 5 aliphatic rings. The summed E-state index contributed by atoms with van der Waals surface area (Å²) in [5, 5.41) is 0. The molecule has 0 aromatic heterocycles. The second-order valence-electron chi connectivity index (χ2n) is 11.4. The minimum absolute atomic E-state index is 0.0912. The normalized spacial score (nSPS) is 32.6. The summed E-state index contributed by atoms with van der Waals surface area (Å²) in [6.07, 6.45) is 0. The lowest BCUT2D eigenvalue weighted by Crippen LogP contribution is -2.67. The van der Waals surface area contributed by atoms with Crippen LogP contribution in [0.25, 0.3) is 0 Å². The quantitative estimate of drug-likeness (QED) is 0.294. The average molecular weight is 605 g/mol. The van der Waals surface area contributed by atoms with Gasteiger partial charge in [-0.3, -0.25) is 19.2 Å². The Morgan fingerprint density at radius 2 is 1.12 bits per heavy atom. The first kappa shape index (κ1) is 26.6. The van der Waals surface area contributed by atoms with E-state index < -0.39 is 63.0 Å². The minimum Gasteiger partial charge on any atom is -0.463 e. The number of halogens is 1. The Morgan fingerprint density at radius 3 is 1.50 bits per heavy atom. The van der Waals surface area contributed by atoms with Gasteiger partial charge in [0.25, 0.3) is 0 Å². The molecule has 2 heterocycles. The van der Waals surface area contributed by atoms with Gasteiger partial charge < -0.3 is 4.74 Å². The van der Waals surface area contributed by atoms with Gasteiger partial charge in [0.1, 0.15) is 0 Å². The summed E-state index contributed by atoms with van der Waals surface area (Å²) in [7, 11) is 0. The predicted octanol–water partition coefficient (Wildman–Crippen LogP) is 4.26. The van der Waals surface area contributed by atoms with E-state index in [-0.39, 0.29) is 12.2 Å². The number of amides is 4. The summed E-state index contributed by atoms with van der Waals surface area (Å²) in [4.78, 5) is 72.8. The molecule has 3 unspecified atom stereocenters. The van der Waals surface area contributed by atoms with E-state index in [1.165, 1.54) is 0 Å². The Labute approximate surface area is 240 Å². The molecule has 9 heteroatoms. The molecule has 0 N–H and O–H groups in total. The van der Waals surface area contributed by atoms with Gasteiger partial charge in [0, 0.05) is 11.0 Å². The average Bonchev–Trinajstić information content (AvgIpc) is 3.34. The van der Waals surface area contributed by atoms with Gasteiger partial charge in [-0.2, -0.15) is 0 Å². The number of anilines is 2. The Balaban J connectivity index is 1.58. The largest absolute Gasteiger partial charge is 0.463 e. The molecule has 206 valence electrons. The van der Waals surface area contributed by atoms with Crippen LogP contribution in [0.2, 0.25) is 0 Å². The highest BCUT2D eigenvalue weighted by molar-refractivity contribution is 9.10. The standard InChI is InChI=1S/C31H29BrN2O6/c1-6-40-29(39)20-17(4)31(32)23-21(25(35)33(27(23)37)18-11-7-15(2)8-12-18)30(20,5)22-24(31)28(38)34(26(22)36)19-13-9-16(3)10-14-19/h7-14,21-24H,6H2,1-5H3/t21-,22?,23+,24+,30?,31?/m1/s1. The second kappa shape index (κ2) is 8.70. The van der Waals surface area contributed by atoms with Crippen molar-refractivity contribution in [3.05, 3.63) is 70.8 Å². The Hall–Kier alpha value is -3.59. The summed E-state index contributed by atoms with van der Waals surface area (Å²) >= 11 is 3.79. The second-order valence-corrected chi connectivity index (χ2v) is 12.7. The third-order valence-corrected chi connectivity index (χ3v) is 10.9. The number of alkyl halides is 1. The highest BCUT2D eigenvalue weighted by Crippen LogP contribution is 2.72. The van der Waals surface area contributed by atoms with E-state index >= 15 is 0 Å². The first-order valence-electron chi connectivity index (χ1n) is 13.4. The maximum atomic E-state index is 14.3. The third-order valence-electron chi connectivity index (χ3n) is 9.36. The van der Waals surface area contributed by atoms with E-state index in [2.05, 4.69) is 15.9 Å². The van der Waals surface area contributed by atoms with Gasteiger partial charge in [-0.05, 0) is 57.5 Å². The number of carbonyl (C=O) groups excluding carboxylic acids is 5. The lowest BCUT2D eigenvalue weighted by molar-refractivity contribution is -0.152. The highest BCUT2D eigenvalue weighted by Gasteiger charge is 2.81. The summed E-state index contributed by atoms with van der Waals surface area (Å²) in [5.74, 6) is -6.67. The van der Waals surface area contributed by atoms with E-state index in [0.29, 0.717) is 16.9 Å². The fourth-order valence-corrected chi connectivity index (χ4v) is 8.75. The van der Waals surface area contributed by atoms with Gasteiger partial charge in [0.15, 0.2) is 0 Å². The fourth-order valence-electron chi connectivity index (χ4n) is 7.63. The Kier molecular flexibility index (Phi) is 5.79. The third kappa shape index (κ3) is 3.09. The zero-order chi connectivity index (χ0) is 28.9. The predicted molar refractivity (Wildman–Crippen MR) is 150 cm³/mol. The molecule has 6 atom stereocenters. The number of rotatable bonds is 4. The Morgan fingerprint density at radius 1 is 0.750 bits per heavy atom.